The van der Waals surface area contributed by atoms with Crippen LogP contribution in [0.5, 0.6) is 0 Å². The fraction of sp³-hybridized carbons (Fsp3) is 0.273. The molecule has 0 bridgehead atoms. The smallest absolute Gasteiger partial charge is 0.326 e. The van der Waals surface area contributed by atoms with Crippen LogP contribution in [0.3, 0.4) is 0 Å². The third-order valence-electron chi connectivity index (χ3n) is 2.19. The van der Waals surface area contributed by atoms with E-state index < -0.39 is 18.0 Å². The first kappa shape index (κ1) is 15.0. The maximum atomic E-state index is 11.6. The zero-order chi connectivity index (χ0) is 13.7. The molecule has 3 N–H and O–H groups in total. The number of carbonyl (C=O) groups is 2. The van der Waals surface area contributed by atoms with Gasteiger partial charge < -0.3 is 15.7 Å². The quantitative estimate of drug-likeness (QED) is 0.701. The fourth-order valence-corrected chi connectivity index (χ4v) is 1.90. The highest BCUT2D eigenvalue weighted by Crippen LogP contribution is 2.23. The van der Waals surface area contributed by atoms with Gasteiger partial charge in [0.05, 0.1) is 10.7 Å². The van der Waals surface area contributed by atoms with E-state index in [0.717, 1.165) is 3.57 Å². The Bertz CT molecular complexity index is 468. The van der Waals surface area contributed by atoms with E-state index in [2.05, 4.69) is 33.2 Å². The predicted molar refractivity (Wildman–Crippen MR) is 78.0 cm³/mol. The van der Waals surface area contributed by atoms with Crippen molar-refractivity contribution in [2.45, 2.75) is 19.4 Å². The summed E-state index contributed by atoms with van der Waals surface area (Å²) < 4.78 is 0.914. The molecular formula is C11H12ClIN2O3. The van der Waals surface area contributed by atoms with Gasteiger partial charge in [-0.05, 0) is 47.2 Å². The summed E-state index contributed by atoms with van der Waals surface area (Å²) in [6.07, 6.45) is 0.308. The van der Waals surface area contributed by atoms with Crippen molar-refractivity contribution in [3.63, 3.8) is 0 Å². The molecule has 0 aliphatic carbocycles. The number of anilines is 1. The van der Waals surface area contributed by atoms with E-state index in [4.69, 9.17) is 16.7 Å². The summed E-state index contributed by atoms with van der Waals surface area (Å²) in [7, 11) is 0. The normalized spacial score (nSPS) is 11.7. The molecule has 0 heterocycles. The molecule has 0 fully saturated rings. The van der Waals surface area contributed by atoms with Gasteiger partial charge in [0.2, 0.25) is 0 Å². The Hall–Kier alpha value is -1.02. The van der Waals surface area contributed by atoms with Crippen LogP contribution in [0.1, 0.15) is 13.3 Å². The Morgan fingerprint density at radius 2 is 2.17 bits per heavy atom. The van der Waals surface area contributed by atoms with E-state index >= 15 is 0 Å². The summed E-state index contributed by atoms with van der Waals surface area (Å²) in [5.74, 6) is -1.07. The number of benzene rings is 1. The number of rotatable bonds is 4. The second-order valence-corrected chi connectivity index (χ2v) is 5.17. The van der Waals surface area contributed by atoms with Crippen molar-refractivity contribution in [2.75, 3.05) is 5.32 Å². The molecule has 0 radical (unpaired) electrons. The number of aliphatic carboxylic acids is 1. The first-order valence-electron chi connectivity index (χ1n) is 5.19. The maximum absolute atomic E-state index is 11.6. The van der Waals surface area contributed by atoms with Crippen molar-refractivity contribution in [3.05, 3.63) is 26.8 Å². The van der Waals surface area contributed by atoms with E-state index in [-0.39, 0.29) is 0 Å². The molecule has 0 saturated heterocycles. The average molecular weight is 383 g/mol. The van der Waals surface area contributed by atoms with Crippen LogP contribution in [0.2, 0.25) is 5.02 Å². The van der Waals surface area contributed by atoms with E-state index in [1.807, 2.05) is 0 Å². The van der Waals surface area contributed by atoms with Crippen LogP contribution in [0.4, 0.5) is 10.5 Å². The number of hydrogen-bond donors (Lipinski definition) is 3. The Labute approximate surface area is 123 Å². The molecule has 0 aromatic heterocycles. The Balaban J connectivity index is 2.70. The third kappa shape index (κ3) is 4.34. The number of hydrogen-bond acceptors (Lipinski definition) is 2. The molecule has 0 aliphatic rings. The van der Waals surface area contributed by atoms with Gasteiger partial charge in [-0.2, -0.15) is 0 Å². The predicted octanol–water partition coefficient (Wildman–Crippen LogP) is 2.93. The van der Waals surface area contributed by atoms with Gasteiger partial charge >= 0.3 is 12.0 Å². The van der Waals surface area contributed by atoms with Crippen LogP contribution in [0, 0.1) is 3.57 Å². The van der Waals surface area contributed by atoms with Crippen LogP contribution in [0.25, 0.3) is 0 Å². The van der Waals surface area contributed by atoms with Gasteiger partial charge in [0.25, 0.3) is 0 Å². The van der Waals surface area contributed by atoms with Gasteiger partial charge in [0, 0.05) is 3.57 Å². The summed E-state index contributed by atoms with van der Waals surface area (Å²) in [5.41, 5.74) is 0.446. The van der Waals surface area contributed by atoms with Crippen molar-refractivity contribution in [1.82, 2.24) is 5.32 Å². The topological polar surface area (TPSA) is 78.4 Å². The van der Waals surface area contributed by atoms with Gasteiger partial charge in [-0.1, -0.05) is 18.5 Å². The van der Waals surface area contributed by atoms with Crippen molar-refractivity contribution in [3.8, 4) is 0 Å². The largest absolute Gasteiger partial charge is 0.480 e. The van der Waals surface area contributed by atoms with Gasteiger partial charge in [-0.25, -0.2) is 9.59 Å². The van der Waals surface area contributed by atoms with Crippen molar-refractivity contribution < 1.29 is 14.7 Å². The van der Waals surface area contributed by atoms with Gasteiger partial charge in [0.1, 0.15) is 6.04 Å². The lowest BCUT2D eigenvalue weighted by atomic mass is 10.2. The summed E-state index contributed by atoms with van der Waals surface area (Å²) >= 11 is 8.00. The van der Waals surface area contributed by atoms with Gasteiger partial charge in [0.15, 0.2) is 0 Å². The number of carboxylic acid groups (broad SMARTS) is 1. The summed E-state index contributed by atoms with van der Waals surface area (Å²) in [4.78, 5) is 22.4. The first-order chi connectivity index (χ1) is 8.43. The maximum Gasteiger partial charge on any atom is 0.326 e. The Morgan fingerprint density at radius 3 is 2.72 bits per heavy atom. The van der Waals surface area contributed by atoms with Crippen LogP contribution < -0.4 is 10.6 Å². The monoisotopic (exact) mass is 382 g/mol. The van der Waals surface area contributed by atoms with E-state index in [1.165, 1.54) is 0 Å². The van der Waals surface area contributed by atoms with E-state index in [1.54, 1.807) is 25.1 Å². The molecule has 1 aromatic carbocycles. The minimum absolute atomic E-state index is 0.308. The van der Waals surface area contributed by atoms with Crippen LogP contribution >= 0.6 is 34.2 Å². The minimum Gasteiger partial charge on any atom is -0.480 e. The standard InChI is InChI=1S/C11H12ClIN2O3/c1-2-8(10(16)17)14-11(18)15-9-5-6(13)3-4-7(9)12/h3-5,8H,2H2,1H3,(H,16,17)(H2,14,15,18)/t8-/m1/s1. The molecule has 1 atom stereocenters. The van der Waals surface area contributed by atoms with Crippen molar-refractivity contribution >= 4 is 51.9 Å². The number of nitrogens with one attached hydrogen (secondary N) is 2. The number of urea groups is 1. The van der Waals surface area contributed by atoms with Crippen molar-refractivity contribution in [1.29, 1.82) is 0 Å². The highest BCUT2D eigenvalue weighted by atomic mass is 127. The Morgan fingerprint density at radius 1 is 1.50 bits per heavy atom. The average Bonchev–Trinajstić information content (AvgIpc) is 2.30. The molecule has 2 amide bonds. The molecule has 98 valence electrons. The third-order valence-corrected chi connectivity index (χ3v) is 3.19. The minimum atomic E-state index is -1.07. The lowest BCUT2D eigenvalue weighted by Crippen LogP contribution is -2.42. The Kier molecular flexibility index (Phi) is 5.67. The first-order valence-corrected chi connectivity index (χ1v) is 6.65. The highest BCUT2D eigenvalue weighted by Gasteiger charge is 2.17. The molecule has 0 aliphatic heterocycles. The molecule has 7 heteroatoms. The number of amides is 2. The summed E-state index contributed by atoms with van der Waals surface area (Å²) in [6.45, 7) is 1.68. The molecule has 1 aromatic rings. The molecular weight excluding hydrogens is 370 g/mol. The van der Waals surface area contributed by atoms with E-state index in [0.29, 0.717) is 17.1 Å². The lowest BCUT2D eigenvalue weighted by molar-refractivity contribution is -0.139. The molecule has 0 saturated carbocycles. The number of carboxylic acids is 1. The molecule has 5 nitrogen and oxygen atoms in total. The molecule has 18 heavy (non-hydrogen) atoms. The fourth-order valence-electron chi connectivity index (χ4n) is 1.25. The molecule has 1 rings (SSSR count). The molecule has 0 unspecified atom stereocenters. The van der Waals surface area contributed by atoms with Crippen LogP contribution in [0.15, 0.2) is 18.2 Å². The number of carbonyl (C=O) groups excluding carboxylic acids is 1. The number of halogens is 2. The highest BCUT2D eigenvalue weighted by molar-refractivity contribution is 14.1. The second-order valence-electron chi connectivity index (χ2n) is 3.52. The zero-order valence-corrected chi connectivity index (χ0v) is 12.4. The lowest BCUT2D eigenvalue weighted by Gasteiger charge is -2.14. The second kappa shape index (κ2) is 6.79. The van der Waals surface area contributed by atoms with Crippen LogP contribution in [-0.4, -0.2) is 23.1 Å². The zero-order valence-electron chi connectivity index (χ0n) is 9.54. The van der Waals surface area contributed by atoms with E-state index in [9.17, 15) is 9.59 Å². The summed E-state index contributed by atoms with van der Waals surface area (Å²) in [5, 5.41) is 14.1. The van der Waals surface area contributed by atoms with Crippen LogP contribution in [-0.2, 0) is 4.79 Å². The van der Waals surface area contributed by atoms with Crippen molar-refractivity contribution in [2.24, 2.45) is 0 Å². The SMILES string of the molecule is CC[C@@H](NC(=O)Nc1cc(I)ccc1Cl)C(=O)O. The molecule has 0 spiro atoms. The van der Waals surface area contributed by atoms with Gasteiger partial charge in [-0.15, -0.1) is 0 Å². The summed E-state index contributed by atoms with van der Waals surface area (Å²) in [6, 6.07) is 3.66. The van der Waals surface area contributed by atoms with Gasteiger partial charge in [-0.3, -0.25) is 0 Å².